The third kappa shape index (κ3) is 3.40. The Labute approximate surface area is 136 Å². The van der Waals surface area contributed by atoms with Crippen molar-refractivity contribution < 1.29 is 5.11 Å². The Balaban J connectivity index is 1.83. The minimum atomic E-state index is 0.241. The minimum absolute atomic E-state index is 0.241. The maximum atomic E-state index is 9.09. The first-order chi connectivity index (χ1) is 10.7. The molecule has 0 saturated carbocycles. The Morgan fingerprint density at radius 2 is 2.14 bits per heavy atom. The van der Waals surface area contributed by atoms with Crippen molar-refractivity contribution in [2.45, 2.75) is 51.6 Å². The highest BCUT2D eigenvalue weighted by molar-refractivity contribution is 7.15. The molecule has 1 heterocycles. The number of fused-ring (bicyclic) bond motifs is 1. The topological polar surface area (TPSA) is 45.2 Å². The zero-order chi connectivity index (χ0) is 15.5. The van der Waals surface area contributed by atoms with E-state index in [-0.39, 0.29) is 6.61 Å². The average Bonchev–Trinajstić information content (AvgIpc) is 2.93. The summed E-state index contributed by atoms with van der Waals surface area (Å²) in [5.74, 6) is 0. The van der Waals surface area contributed by atoms with Crippen LogP contribution in [-0.2, 0) is 6.42 Å². The van der Waals surface area contributed by atoms with E-state index in [1.165, 1.54) is 28.1 Å². The van der Waals surface area contributed by atoms with Gasteiger partial charge in [0.2, 0.25) is 0 Å². The summed E-state index contributed by atoms with van der Waals surface area (Å²) in [6.45, 7) is 4.50. The van der Waals surface area contributed by atoms with Crippen LogP contribution in [0.2, 0.25) is 0 Å². The van der Waals surface area contributed by atoms with E-state index in [1.54, 1.807) is 0 Å². The first kappa shape index (κ1) is 15.7. The second-order valence-electron chi connectivity index (χ2n) is 6.22. The van der Waals surface area contributed by atoms with E-state index in [1.807, 2.05) is 11.3 Å². The second-order valence-corrected chi connectivity index (χ2v) is 7.25. The average molecular weight is 316 g/mol. The van der Waals surface area contributed by atoms with Crippen LogP contribution in [0.5, 0.6) is 0 Å². The number of nitrogens with zero attached hydrogens (tertiary/aromatic N) is 1. The normalized spacial score (nSPS) is 19.0. The fourth-order valence-corrected chi connectivity index (χ4v) is 4.23. The lowest BCUT2D eigenvalue weighted by molar-refractivity contribution is 0.260. The van der Waals surface area contributed by atoms with Gasteiger partial charge in [0.05, 0.1) is 5.69 Å². The van der Waals surface area contributed by atoms with Crippen molar-refractivity contribution in [2.24, 2.45) is 0 Å². The number of hydrogen-bond donors (Lipinski definition) is 2. The Kier molecular flexibility index (Phi) is 4.91. The molecular weight excluding hydrogens is 292 g/mol. The zero-order valence-electron chi connectivity index (χ0n) is 13.3. The summed E-state index contributed by atoms with van der Waals surface area (Å²) in [7, 11) is 0. The first-order valence-electron chi connectivity index (χ1n) is 8.11. The number of hydrogen-bond acceptors (Lipinski definition) is 4. The van der Waals surface area contributed by atoms with E-state index >= 15 is 0 Å². The second kappa shape index (κ2) is 6.90. The Hall–Kier alpha value is -1.23. The highest BCUT2D eigenvalue weighted by atomic mass is 32.1. The van der Waals surface area contributed by atoms with E-state index in [4.69, 9.17) is 10.1 Å². The van der Waals surface area contributed by atoms with E-state index in [2.05, 4.69) is 43.4 Å². The molecule has 1 aromatic carbocycles. The Bertz CT molecular complexity index is 621. The van der Waals surface area contributed by atoms with Crippen LogP contribution in [0, 0.1) is 6.92 Å². The monoisotopic (exact) mass is 316 g/mol. The van der Waals surface area contributed by atoms with Gasteiger partial charge in [-0.15, -0.1) is 11.3 Å². The molecule has 2 N–H and O–H groups in total. The molecule has 4 heteroatoms. The standard InChI is InChI=1S/C18H24N2OS/c1-12-6-8-14(9-7-12)18-20-16-5-3-4-15(17(16)22-18)19-13(2)10-11-21/h6-9,13,15,19,21H,3-5,10-11H2,1-2H3/t13-,15?/m1/s1. The zero-order valence-corrected chi connectivity index (χ0v) is 14.1. The number of rotatable bonds is 5. The molecule has 0 amide bonds. The highest BCUT2D eigenvalue weighted by Crippen LogP contribution is 2.38. The molecule has 2 aromatic rings. The SMILES string of the molecule is Cc1ccc(-c2nc3c(s2)C(N[C@H](C)CCO)CCC3)cc1. The van der Waals surface area contributed by atoms with Gasteiger partial charge in [-0.05, 0) is 39.5 Å². The summed E-state index contributed by atoms with van der Waals surface area (Å²) in [6.07, 6.45) is 4.24. The predicted molar refractivity (Wildman–Crippen MR) is 92.3 cm³/mol. The quantitative estimate of drug-likeness (QED) is 0.880. The molecule has 118 valence electrons. The summed E-state index contributed by atoms with van der Waals surface area (Å²) in [6, 6.07) is 9.35. The van der Waals surface area contributed by atoms with E-state index in [9.17, 15) is 0 Å². The molecule has 0 bridgehead atoms. The molecule has 0 fully saturated rings. The maximum absolute atomic E-state index is 9.09. The maximum Gasteiger partial charge on any atom is 0.123 e. The fraction of sp³-hybridized carbons (Fsp3) is 0.500. The predicted octanol–water partition coefficient (Wildman–Crippen LogP) is 3.86. The van der Waals surface area contributed by atoms with Crippen molar-refractivity contribution in [3.63, 3.8) is 0 Å². The molecular formula is C18H24N2OS. The van der Waals surface area contributed by atoms with Crippen molar-refractivity contribution in [3.05, 3.63) is 40.4 Å². The van der Waals surface area contributed by atoms with Crippen molar-refractivity contribution in [2.75, 3.05) is 6.61 Å². The van der Waals surface area contributed by atoms with Crippen LogP contribution >= 0.6 is 11.3 Å². The van der Waals surface area contributed by atoms with Crippen molar-refractivity contribution in [1.29, 1.82) is 0 Å². The smallest absolute Gasteiger partial charge is 0.123 e. The third-order valence-corrected chi connectivity index (χ3v) is 5.56. The number of benzene rings is 1. The van der Waals surface area contributed by atoms with Gasteiger partial charge in [-0.1, -0.05) is 29.8 Å². The van der Waals surface area contributed by atoms with Crippen LogP contribution in [-0.4, -0.2) is 22.7 Å². The van der Waals surface area contributed by atoms with E-state index in [0.29, 0.717) is 12.1 Å². The summed E-state index contributed by atoms with van der Waals surface area (Å²) < 4.78 is 0. The summed E-state index contributed by atoms with van der Waals surface area (Å²) in [5, 5.41) is 13.9. The number of aliphatic hydroxyl groups excluding tert-OH is 1. The summed E-state index contributed by atoms with van der Waals surface area (Å²) >= 11 is 1.83. The van der Waals surface area contributed by atoms with Crippen molar-refractivity contribution >= 4 is 11.3 Å². The minimum Gasteiger partial charge on any atom is -0.396 e. The van der Waals surface area contributed by atoms with Crippen molar-refractivity contribution in [1.82, 2.24) is 10.3 Å². The van der Waals surface area contributed by atoms with Gasteiger partial charge in [-0.2, -0.15) is 0 Å². The molecule has 0 radical (unpaired) electrons. The molecule has 1 aliphatic carbocycles. The molecule has 0 spiro atoms. The number of nitrogens with one attached hydrogen (secondary N) is 1. The van der Waals surface area contributed by atoms with Gasteiger partial charge in [0, 0.05) is 29.1 Å². The fourth-order valence-electron chi connectivity index (χ4n) is 3.02. The van der Waals surface area contributed by atoms with Gasteiger partial charge in [-0.25, -0.2) is 4.98 Å². The molecule has 2 atom stereocenters. The lowest BCUT2D eigenvalue weighted by Crippen LogP contribution is -2.32. The lowest BCUT2D eigenvalue weighted by Gasteiger charge is -2.25. The van der Waals surface area contributed by atoms with Crippen LogP contribution in [0.15, 0.2) is 24.3 Å². The molecule has 3 nitrogen and oxygen atoms in total. The number of aliphatic hydroxyl groups is 1. The highest BCUT2D eigenvalue weighted by Gasteiger charge is 2.25. The molecule has 1 aliphatic rings. The molecule has 1 aromatic heterocycles. The van der Waals surface area contributed by atoms with Crippen molar-refractivity contribution in [3.8, 4) is 10.6 Å². The van der Waals surface area contributed by atoms with Crippen LogP contribution in [0.3, 0.4) is 0 Å². The molecule has 3 rings (SSSR count). The van der Waals surface area contributed by atoms with Crippen LogP contribution < -0.4 is 5.32 Å². The van der Waals surface area contributed by atoms with Crippen LogP contribution in [0.4, 0.5) is 0 Å². The molecule has 22 heavy (non-hydrogen) atoms. The summed E-state index contributed by atoms with van der Waals surface area (Å²) in [5.41, 5.74) is 3.76. The Morgan fingerprint density at radius 3 is 2.86 bits per heavy atom. The Morgan fingerprint density at radius 1 is 1.36 bits per heavy atom. The van der Waals surface area contributed by atoms with Gasteiger partial charge < -0.3 is 10.4 Å². The summed E-state index contributed by atoms with van der Waals surface area (Å²) in [4.78, 5) is 6.28. The number of aryl methyl sites for hydroxylation is 2. The number of thiazole rings is 1. The van der Waals surface area contributed by atoms with Gasteiger partial charge in [0.15, 0.2) is 0 Å². The van der Waals surface area contributed by atoms with Gasteiger partial charge in [0.1, 0.15) is 5.01 Å². The first-order valence-corrected chi connectivity index (χ1v) is 8.92. The van der Waals surface area contributed by atoms with E-state index in [0.717, 1.165) is 24.3 Å². The van der Waals surface area contributed by atoms with Gasteiger partial charge >= 0.3 is 0 Å². The van der Waals surface area contributed by atoms with Crippen LogP contribution in [0.1, 0.15) is 48.4 Å². The van der Waals surface area contributed by atoms with Gasteiger partial charge in [0.25, 0.3) is 0 Å². The molecule has 0 aliphatic heterocycles. The lowest BCUT2D eigenvalue weighted by atomic mass is 9.97. The third-order valence-electron chi connectivity index (χ3n) is 4.30. The molecule has 1 unspecified atom stereocenters. The number of aromatic nitrogens is 1. The molecule has 0 saturated heterocycles. The van der Waals surface area contributed by atoms with Gasteiger partial charge in [-0.3, -0.25) is 0 Å². The van der Waals surface area contributed by atoms with Crippen LogP contribution in [0.25, 0.3) is 10.6 Å². The van der Waals surface area contributed by atoms with E-state index < -0.39 is 0 Å². The largest absolute Gasteiger partial charge is 0.396 e.